The molecular weight excluding hydrogens is 314 g/mol. The summed E-state index contributed by atoms with van der Waals surface area (Å²) >= 11 is 1.60. The van der Waals surface area contributed by atoms with Crippen molar-refractivity contribution in [3.8, 4) is 11.3 Å². The molecule has 3 aromatic rings. The number of aromatic nitrogens is 2. The van der Waals surface area contributed by atoms with Gasteiger partial charge in [-0.25, -0.2) is 4.98 Å². The van der Waals surface area contributed by atoms with Gasteiger partial charge in [-0.2, -0.15) is 0 Å². The molecule has 2 aromatic heterocycles. The normalized spacial score (nSPS) is 11.0. The van der Waals surface area contributed by atoms with Crippen molar-refractivity contribution in [3.63, 3.8) is 0 Å². The summed E-state index contributed by atoms with van der Waals surface area (Å²) in [4.78, 5) is 17.2. The quantitative estimate of drug-likeness (QED) is 0.676. The van der Waals surface area contributed by atoms with Crippen LogP contribution < -0.4 is 5.32 Å². The Bertz CT molecular complexity index is 751. The van der Waals surface area contributed by atoms with Crippen molar-refractivity contribution >= 4 is 27.9 Å². The first kappa shape index (κ1) is 15.7. The van der Waals surface area contributed by atoms with Crippen LogP contribution in [0.25, 0.3) is 16.2 Å². The summed E-state index contributed by atoms with van der Waals surface area (Å²) in [5.74, 6) is -0.184. The predicted molar refractivity (Wildman–Crippen MR) is 89.8 cm³/mol. The highest BCUT2D eigenvalue weighted by molar-refractivity contribution is 7.15. The molecule has 0 radical (unpaired) electrons. The average molecular weight is 331 g/mol. The number of rotatable bonds is 7. The second kappa shape index (κ2) is 7.36. The minimum absolute atomic E-state index is 0.0163. The fourth-order valence-electron chi connectivity index (χ4n) is 2.10. The summed E-state index contributed by atoms with van der Waals surface area (Å²) in [6.07, 6.45) is 3.97. The number of thiazole rings is 1. The van der Waals surface area contributed by atoms with Crippen LogP contribution in [-0.2, 0) is 14.3 Å². The summed E-state index contributed by atoms with van der Waals surface area (Å²) in [6, 6.07) is 7.59. The molecular formula is C16H17N3O3S. The summed E-state index contributed by atoms with van der Waals surface area (Å²) in [5.41, 5.74) is 2.66. The van der Waals surface area contributed by atoms with Gasteiger partial charge >= 0.3 is 0 Å². The first-order valence-corrected chi connectivity index (χ1v) is 8.03. The molecule has 0 saturated carbocycles. The van der Waals surface area contributed by atoms with E-state index in [9.17, 15) is 4.79 Å². The van der Waals surface area contributed by atoms with Crippen molar-refractivity contribution in [2.45, 2.75) is 0 Å². The van der Waals surface area contributed by atoms with E-state index in [1.807, 2.05) is 46.4 Å². The molecule has 6 nitrogen and oxygen atoms in total. The Kier molecular flexibility index (Phi) is 5.02. The number of nitrogens with zero attached hydrogens (tertiary/aromatic N) is 2. The van der Waals surface area contributed by atoms with E-state index >= 15 is 0 Å². The molecule has 1 N–H and O–H groups in total. The number of fused-ring (bicyclic) bond motifs is 1. The molecule has 0 aliphatic carbocycles. The van der Waals surface area contributed by atoms with Crippen molar-refractivity contribution in [1.29, 1.82) is 0 Å². The molecule has 1 amide bonds. The van der Waals surface area contributed by atoms with Gasteiger partial charge in [0, 0.05) is 36.1 Å². The van der Waals surface area contributed by atoms with Gasteiger partial charge in [0.25, 0.3) is 0 Å². The summed E-state index contributed by atoms with van der Waals surface area (Å²) in [5, 5.41) is 4.79. The lowest BCUT2D eigenvalue weighted by Gasteiger charge is -2.06. The van der Waals surface area contributed by atoms with Crippen molar-refractivity contribution in [3.05, 3.63) is 42.0 Å². The van der Waals surface area contributed by atoms with Crippen LogP contribution >= 0.6 is 11.3 Å². The molecule has 0 spiro atoms. The minimum Gasteiger partial charge on any atom is -0.382 e. The van der Waals surface area contributed by atoms with E-state index in [1.165, 1.54) is 0 Å². The average Bonchev–Trinajstić information content (AvgIpc) is 3.14. The van der Waals surface area contributed by atoms with Gasteiger partial charge in [0.1, 0.15) is 6.61 Å². The van der Waals surface area contributed by atoms with E-state index < -0.39 is 0 Å². The van der Waals surface area contributed by atoms with Crippen molar-refractivity contribution in [2.24, 2.45) is 0 Å². The maximum atomic E-state index is 11.7. The summed E-state index contributed by atoms with van der Waals surface area (Å²) < 4.78 is 12.0. The van der Waals surface area contributed by atoms with Gasteiger partial charge < -0.3 is 14.8 Å². The maximum absolute atomic E-state index is 11.7. The Morgan fingerprint density at radius 3 is 2.87 bits per heavy atom. The second-order valence-electron chi connectivity index (χ2n) is 4.89. The smallest absolute Gasteiger partial charge is 0.250 e. The lowest BCUT2D eigenvalue weighted by Crippen LogP contribution is -2.19. The van der Waals surface area contributed by atoms with Gasteiger partial charge in [-0.15, -0.1) is 11.3 Å². The zero-order chi connectivity index (χ0) is 16.1. The van der Waals surface area contributed by atoms with Crippen LogP contribution in [0.3, 0.4) is 0 Å². The molecule has 0 aliphatic heterocycles. The van der Waals surface area contributed by atoms with Crippen LogP contribution in [0, 0.1) is 0 Å². The molecule has 0 aliphatic rings. The number of carbonyl (C=O) groups excluding carboxylic acids is 1. The van der Waals surface area contributed by atoms with E-state index in [0.717, 1.165) is 21.9 Å². The third kappa shape index (κ3) is 3.95. The van der Waals surface area contributed by atoms with E-state index in [4.69, 9.17) is 9.47 Å². The van der Waals surface area contributed by atoms with Gasteiger partial charge in [0.15, 0.2) is 4.96 Å². The number of imidazole rings is 1. The van der Waals surface area contributed by atoms with E-state index in [-0.39, 0.29) is 12.5 Å². The van der Waals surface area contributed by atoms with Crippen LogP contribution in [0.15, 0.2) is 42.0 Å². The van der Waals surface area contributed by atoms with E-state index in [0.29, 0.717) is 13.2 Å². The zero-order valence-electron chi connectivity index (χ0n) is 12.7. The molecule has 0 saturated heterocycles. The highest BCUT2D eigenvalue weighted by atomic mass is 32.1. The van der Waals surface area contributed by atoms with Crippen LogP contribution in [0.1, 0.15) is 0 Å². The summed E-state index contributed by atoms with van der Waals surface area (Å²) in [6.45, 7) is 0.896. The van der Waals surface area contributed by atoms with Crippen LogP contribution in [0.4, 0.5) is 5.69 Å². The SMILES string of the molecule is COCCOCC(=O)Nc1ccc(-c2cn3ccsc3n2)cc1. The standard InChI is InChI=1S/C16H17N3O3S/c1-21-7-8-22-11-15(20)17-13-4-2-12(3-5-13)14-10-19-6-9-23-16(19)18-14/h2-6,9-10H,7-8,11H2,1H3,(H,17,20). The van der Waals surface area contributed by atoms with Gasteiger partial charge in [0.05, 0.1) is 18.9 Å². The number of methoxy groups -OCH3 is 1. The molecule has 3 rings (SSSR count). The topological polar surface area (TPSA) is 64.9 Å². The number of hydrogen-bond donors (Lipinski definition) is 1. The van der Waals surface area contributed by atoms with Crippen molar-refractivity contribution in [1.82, 2.24) is 9.38 Å². The van der Waals surface area contributed by atoms with Crippen molar-refractivity contribution < 1.29 is 14.3 Å². The largest absolute Gasteiger partial charge is 0.382 e. The number of carbonyl (C=O) groups is 1. The minimum atomic E-state index is -0.184. The van der Waals surface area contributed by atoms with Gasteiger partial charge in [0.2, 0.25) is 5.91 Å². The molecule has 2 heterocycles. The Hall–Kier alpha value is -2.22. The molecule has 1 aromatic carbocycles. The molecule has 0 bridgehead atoms. The lowest BCUT2D eigenvalue weighted by molar-refractivity contribution is -0.121. The predicted octanol–water partition coefficient (Wildman–Crippen LogP) is 2.66. The summed E-state index contributed by atoms with van der Waals surface area (Å²) in [7, 11) is 1.59. The molecule has 7 heteroatoms. The number of nitrogens with one attached hydrogen (secondary N) is 1. The molecule has 0 unspecified atom stereocenters. The highest BCUT2D eigenvalue weighted by Gasteiger charge is 2.06. The molecule has 0 atom stereocenters. The molecule has 23 heavy (non-hydrogen) atoms. The second-order valence-corrected chi connectivity index (χ2v) is 5.76. The van der Waals surface area contributed by atoms with E-state index in [1.54, 1.807) is 18.4 Å². The molecule has 120 valence electrons. The van der Waals surface area contributed by atoms with E-state index in [2.05, 4.69) is 10.3 Å². The van der Waals surface area contributed by atoms with Gasteiger partial charge in [-0.3, -0.25) is 9.20 Å². The maximum Gasteiger partial charge on any atom is 0.250 e. The van der Waals surface area contributed by atoms with Crippen LogP contribution in [-0.4, -0.2) is 42.2 Å². The highest BCUT2D eigenvalue weighted by Crippen LogP contribution is 2.22. The Balaban J connectivity index is 1.58. The van der Waals surface area contributed by atoms with Crippen LogP contribution in [0.5, 0.6) is 0 Å². The third-order valence-electron chi connectivity index (χ3n) is 3.22. The Morgan fingerprint density at radius 1 is 1.30 bits per heavy atom. The Morgan fingerprint density at radius 2 is 2.13 bits per heavy atom. The molecule has 0 fully saturated rings. The monoisotopic (exact) mass is 331 g/mol. The van der Waals surface area contributed by atoms with Gasteiger partial charge in [-0.05, 0) is 12.1 Å². The third-order valence-corrected chi connectivity index (χ3v) is 3.99. The first-order valence-electron chi connectivity index (χ1n) is 7.15. The fourth-order valence-corrected chi connectivity index (χ4v) is 2.80. The van der Waals surface area contributed by atoms with Crippen LogP contribution in [0.2, 0.25) is 0 Å². The number of ether oxygens (including phenoxy) is 2. The van der Waals surface area contributed by atoms with Crippen molar-refractivity contribution in [2.75, 3.05) is 32.2 Å². The first-order chi connectivity index (χ1) is 11.3. The zero-order valence-corrected chi connectivity index (χ0v) is 13.5. The lowest BCUT2D eigenvalue weighted by atomic mass is 10.1. The number of anilines is 1. The fraction of sp³-hybridized carbons (Fsp3) is 0.250. The Labute approximate surface area is 137 Å². The van der Waals surface area contributed by atoms with Gasteiger partial charge in [-0.1, -0.05) is 12.1 Å². The number of amides is 1. The number of hydrogen-bond acceptors (Lipinski definition) is 5. The number of benzene rings is 1.